The van der Waals surface area contributed by atoms with Crippen molar-refractivity contribution < 1.29 is 27.5 Å². The van der Waals surface area contributed by atoms with Gasteiger partial charge in [-0.1, -0.05) is 23.7 Å². The van der Waals surface area contributed by atoms with E-state index in [2.05, 4.69) is 4.98 Å². The van der Waals surface area contributed by atoms with E-state index in [1.54, 1.807) is 6.92 Å². The zero-order chi connectivity index (χ0) is 24.3. The highest BCUT2D eigenvalue weighted by atomic mass is 35.5. The van der Waals surface area contributed by atoms with Gasteiger partial charge in [-0.15, -0.1) is 0 Å². The number of imide groups is 1. The maximum absolute atomic E-state index is 13.3. The Balaban J connectivity index is 1.96. The first-order chi connectivity index (χ1) is 15.5. The molecule has 0 aliphatic heterocycles. The van der Waals surface area contributed by atoms with E-state index in [1.807, 2.05) is 6.07 Å². The summed E-state index contributed by atoms with van der Waals surface area (Å²) < 4.78 is 45.6. The Labute approximate surface area is 190 Å². The molecule has 3 amide bonds. The topological polar surface area (TPSA) is 109 Å². The van der Waals surface area contributed by atoms with E-state index in [0.717, 1.165) is 18.2 Å². The van der Waals surface area contributed by atoms with Crippen LogP contribution in [0.1, 0.15) is 27.0 Å². The molecule has 7 nitrogen and oxygen atoms in total. The summed E-state index contributed by atoms with van der Waals surface area (Å²) in [7, 11) is 0. The van der Waals surface area contributed by atoms with Gasteiger partial charge in [0.2, 0.25) is 5.88 Å². The van der Waals surface area contributed by atoms with Gasteiger partial charge in [0.1, 0.15) is 16.8 Å². The van der Waals surface area contributed by atoms with Crippen molar-refractivity contribution in [2.75, 3.05) is 4.90 Å². The van der Waals surface area contributed by atoms with Gasteiger partial charge in [0.25, 0.3) is 5.91 Å². The molecule has 2 aromatic carbocycles. The van der Waals surface area contributed by atoms with E-state index >= 15 is 0 Å². The van der Waals surface area contributed by atoms with Crippen LogP contribution >= 0.6 is 11.6 Å². The highest BCUT2D eigenvalue weighted by Gasteiger charge is 2.37. The number of rotatable bonds is 4. The minimum Gasteiger partial charge on any atom is -0.437 e. The minimum atomic E-state index is -4.81. The van der Waals surface area contributed by atoms with Crippen molar-refractivity contribution >= 4 is 29.2 Å². The number of primary amides is 1. The molecule has 3 rings (SSSR count). The average molecular weight is 475 g/mol. The summed E-state index contributed by atoms with van der Waals surface area (Å²) in [6, 6.07) is 10.1. The number of carbonyl (C=O) groups is 2. The van der Waals surface area contributed by atoms with Gasteiger partial charge in [-0.3, -0.25) is 4.79 Å². The summed E-state index contributed by atoms with van der Waals surface area (Å²) in [6.45, 7) is 1.57. The lowest BCUT2D eigenvalue weighted by atomic mass is 10.1. The zero-order valence-corrected chi connectivity index (χ0v) is 17.6. The Bertz CT molecular complexity index is 1290. The summed E-state index contributed by atoms with van der Waals surface area (Å²) in [6.07, 6.45) is -3.55. The number of amides is 3. The number of aromatic nitrogens is 1. The number of carbonyl (C=O) groups excluding carboxylic acids is 2. The molecule has 2 N–H and O–H groups in total. The number of anilines is 1. The van der Waals surface area contributed by atoms with Crippen molar-refractivity contribution in [2.24, 2.45) is 5.73 Å². The minimum absolute atomic E-state index is 0.00783. The predicted molar refractivity (Wildman–Crippen MR) is 113 cm³/mol. The summed E-state index contributed by atoms with van der Waals surface area (Å²) >= 11 is 6.05. The standard InChI is InChI=1S/C22H14ClF3N4O3/c1-12-8-14(6-7-18(12)33-19-17(23)9-13(10-27)11-29-19)30(21(28)32)20(31)15-4-2-3-5-16(15)22(24,25)26/h2-9,11H,1H3,(H2,28,32). The number of nitrogens with two attached hydrogens (primary N) is 1. The van der Waals surface area contributed by atoms with Gasteiger partial charge in [-0.2, -0.15) is 18.4 Å². The van der Waals surface area contributed by atoms with Crippen molar-refractivity contribution in [3.05, 3.63) is 82.0 Å². The first-order valence-electron chi connectivity index (χ1n) is 9.17. The molecule has 0 spiro atoms. The van der Waals surface area contributed by atoms with E-state index in [9.17, 15) is 22.8 Å². The maximum atomic E-state index is 13.3. The molecule has 0 atom stereocenters. The number of hydrogen-bond acceptors (Lipinski definition) is 5. The molecule has 0 saturated heterocycles. The third kappa shape index (κ3) is 5.05. The van der Waals surface area contributed by atoms with Gasteiger partial charge >= 0.3 is 12.2 Å². The highest BCUT2D eigenvalue weighted by Crippen LogP contribution is 2.35. The SMILES string of the molecule is Cc1cc(N(C(N)=O)C(=O)c2ccccc2C(F)(F)F)ccc1Oc1ncc(C#N)cc1Cl. The number of halogens is 4. The number of pyridine rings is 1. The second-order valence-corrected chi connectivity index (χ2v) is 7.10. The average Bonchev–Trinajstić information content (AvgIpc) is 2.76. The summed E-state index contributed by atoms with van der Waals surface area (Å²) in [5.74, 6) is -0.987. The molecule has 1 aromatic heterocycles. The number of benzene rings is 2. The van der Waals surface area contributed by atoms with Crippen LogP contribution in [0.5, 0.6) is 11.6 Å². The number of nitriles is 1. The van der Waals surface area contributed by atoms with E-state index in [0.29, 0.717) is 10.5 Å². The van der Waals surface area contributed by atoms with Crippen LogP contribution in [0.2, 0.25) is 5.02 Å². The largest absolute Gasteiger partial charge is 0.437 e. The first-order valence-corrected chi connectivity index (χ1v) is 9.55. The zero-order valence-electron chi connectivity index (χ0n) is 16.9. The van der Waals surface area contributed by atoms with Crippen molar-refractivity contribution in [1.29, 1.82) is 5.26 Å². The maximum Gasteiger partial charge on any atom is 0.417 e. The van der Waals surface area contributed by atoms with Crippen LogP contribution in [0.25, 0.3) is 0 Å². The van der Waals surface area contributed by atoms with Crippen molar-refractivity contribution in [3.8, 4) is 17.7 Å². The fourth-order valence-corrected chi connectivity index (χ4v) is 3.14. The Hall–Kier alpha value is -4.10. The van der Waals surface area contributed by atoms with Crippen LogP contribution < -0.4 is 15.4 Å². The van der Waals surface area contributed by atoms with Crippen molar-refractivity contribution in [1.82, 2.24) is 4.98 Å². The van der Waals surface area contributed by atoms with Gasteiger partial charge in [-0.05, 0) is 48.9 Å². The highest BCUT2D eigenvalue weighted by molar-refractivity contribution is 6.32. The summed E-state index contributed by atoms with van der Waals surface area (Å²) in [4.78, 5) is 29.3. The molecule has 0 saturated carbocycles. The number of alkyl halides is 3. The van der Waals surface area contributed by atoms with Gasteiger partial charge in [-0.25, -0.2) is 14.7 Å². The fourth-order valence-electron chi connectivity index (χ4n) is 2.93. The summed E-state index contributed by atoms with van der Waals surface area (Å²) in [5, 5.41) is 8.96. The fraction of sp³-hybridized carbons (Fsp3) is 0.0909. The molecular formula is C22H14ClF3N4O3. The van der Waals surface area contributed by atoms with Crippen LogP contribution in [0.4, 0.5) is 23.7 Å². The second-order valence-electron chi connectivity index (χ2n) is 6.70. The van der Waals surface area contributed by atoms with E-state index < -0.39 is 29.2 Å². The Morgan fingerprint density at radius 1 is 1.18 bits per heavy atom. The normalized spacial score (nSPS) is 10.9. The predicted octanol–water partition coefficient (Wildman–Crippen LogP) is 5.45. The molecule has 0 fully saturated rings. The Kier molecular flexibility index (Phi) is 6.55. The van der Waals surface area contributed by atoms with Crippen LogP contribution in [0.3, 0.4) is 0 Å². The van der Waals surface area contributed by atoms with E-state index in [-0.39, 0.29) is 27.9 Å². The molecule has 11 heteroatoms. The van der Waals surface area contributed by atoms with Gasteiger partial charge < -0.3 is 10.5 Å². The van der Waals surface area contributed by atoms with E-state index in [1.165, 1.54) is 36.5 Å². The second kappa shape index (κ2) is 9.18. The van der Waals surface area contributed by atoms with Crippen molar-refractivity contribution in [3.63, 3.8) is 0 Å². The van der Waals surface area contributed by atoms with E-state index in [4.69, 9.17) is 27.3 Å². The van der Waals surface area contributed by atoms with Crippen LogP contribution in [0.15, 0.2) is 54.7 Å². The van der Waals surface area contributed by atoms with Crippen LogP contribution in [-0.4, -0.2) is 16.9 Å². The molecule has 1 heterocycles. The number of ether oxygens (including phenoxy) is 1. The van der Waals surface area contributed by atoms with Crippen molar-refractivity contribution in [2.45, 2.75) is 13.1 Å². The van der Waals surface area contributed by atoms with Gasteiger partial charge in [0, 0.05) is 6.20 Å². The number of hydrogen-bond donors (Lipinski definition) is 1. The Morgan fingerprint density at radius 3 is 2.45 bits per heavy atom. The molecule has 168 valence electrons. The van der Waals surface area contributed by atoms with Crippen LogP contribution in [0, 0.1) is 18.3 Å². The lowest BCUT2D eigenvalue weighted by molar-refractivity contribution is -0.137. The molecule has 0 aliphatic carbocycles. The molecule has 3 aromatic rings. The first kappa shape index (κ1) is 23.6. The smallest absolute Gasteiger partial charge is 0.417 e. The third-order valence-electron chi connectivity index (χ3n) is 4.45. The molecule has 33 heavy (non-hydrogen) atoms. The summed E-state index contributed by atoms with van der Waals surface area (Å²) in [5.41, 5.74) is 3.97. The monoisotopic (exact) mass is 474 g/mol. The van der Waals surface area contributed by atoms with Gasteiger partial charge in [0.05, 0.1) is 22.4 Å². The number of aryl methyl sites for hydroxylation is 1. The molecule has 0 bridgehead atoms. The molecule has 0 aliphatic rings. The lowest BCUT2D eigenvalue weighted by Crippen LogP contribution is -2.41. The third-order valence-corrected chi connectivity index (χ3v) is 4.72. The number of urea groups is 1. The molecule has 0 radical (unpaired) electrons. The number of nitrogens with zero attached hydrogens (tertiary/aromatic N) is 3. The Morgan fingerprint density at radius 2 is 1.88 bits per heavy atom. The van der Waals surface area contributed by atoms with Crippen LogP contribution in [-0.2, 0) is 6.18 Å². The lowest BCUT2D eigenvalue weighted by Gasteiger charge is -2.22. The quantitative estimate of drug-likeness (QED) is 0.540. The van der Waals surface area contributed by atoms with Gasteiger partial charge in [0.15, 0.2) is 0 Å². The molecule has 0 unspecified atom stereocenters. The molecular weight excluding hydrogens is 461 g/mol.